The molecule has 0 aromatic carbocycles. The maximum atomic E-state index is 12.6. The number of carbonyl (C=O) groups is 3. The average molecular weight is 666 g/mol. The van der Waals surface area contributed by atoms with Gasteiger partial charge in [-0.25, -0.2) is 0 Å². The Balaban J connectivity index is 4.08. The number of hydrogen-bond acceptors (Lipinski definition) is 4. The van der Waals surface area contributed by atoms with E-state index >= 15 is 0 Å². The number of carbonyl (C=O) groups excluding carboxylic acids is 2. The molecule has 0 radical (unpaired) electrons. The third kappa shape index (κ3) is 35.4. The zero-order valence-electron chi connectivity index (χ0n) is 30.3. The van der Waals surface area contributed by atoms with E-state index in [2.05, 4.69) is 98.2 Å². The summed E-state index contributed by atoms with van der Waals surface area (Å²) in [7, 11) is 0. The van der Waals surface area contributed by atoms with Crippen molar-refractivity contribution < 1.29 is 24.2 Å². The minimum atomic E-state index is -1.04. The maximum Gasteiger partial charge on any atom is 0.322 e. The molecule has 2 N–H and O–H groups in total. The molecule has 0 saturated carbocycles. The van der Waals surface area contributed by atoms with E-state index in [0.717, 1.165) is 109 Å². The fourth-order valence-electron chi connectivity index (χ4n) is 4.79. The first kappa shape index (κ1) is 44.6. The van der Waals surface area contributed by atoms with E-state index in [1.54, 1.807) is 0 Å². The van der Waals surface area contributed by atoms with Crippen molar-refractivity contribution in [1.82, 2.24) is 5.32 Å². The summed E-state index contributed by atoms with van der Waals surface area (Å²) in [6.07, 6.45) is 50.1. The Hall–Kier alpha value is -3.41. The van der Waals surface area contributed by atoms with Crippen LogP contribution in [0.1, 0.15) is 149 Å². The van der Waals surface area contributed by atoms with Crippen molar-refractivity contribution in [3.63, 3.8) is 0 Å². The third-order valence-electron chi connectivity index (χ3n) is 7.52. The number of carboxylic acid groups (broad SMARTS) is 1. The zero-order valence-corrected chi connectivity index (χ0v) is 30.3. The predicted molar refractivity (Wildman–Crippen MR) is 203 cm³/mol. The van der Waals surface area contributed by atoms with Gasteiger partial charge in [0.15, 0.2) is 0 Å². The van der Waals surface area contributed by atoms with Crippen LogP contribution in [0, 0.1) is 0 Å². The van der Waals surface area contributed by atoms with Crippen molar-refractivity contribution in [3.8, 4) is 0 Å². The Morgan fingerprint density at radius 3 is 1.69 bits per heavy atom. The standard InChI is InChI=1S/C42H67NO5/c1-3-5-7-9-11-12-13-14-15-16-17-18-19-20-21-22-23-24-25-27-33-37-42(47)48-39(34-30-26-10-8-6-4-2)35-31-28-29-32-36-40(44)43-38-41(45)46/h5,7-8,10-12,14-15,17-18,20-21,30,34,39H,3-4,6,9,13,16,19,22-29,31-33,35-38H2,1-2H3,(H,43,44)(H,45,46)/b7-5-,10-8-,12-11-,15-14-,18-17-,21-20-,34-30-. The molecule has 0 aliphatic rings. The number of carboxylic acids is 1. The Morgan fingerprint density at radius 2 is 1.08 bits per heavy atom. The summed E-state index contributed by atoms with van der Waals surface area (Å²) in [5.41, 5.74) is 0. The molecule has 0 spiro atoms. The molecular weight excluding hydrogens is 598 g/mol. The van der Waals surface area contributed by atoms with Crippen LogP contribution in [-0.2, 0) is 19.1 Å². The molecule has 0 heterocycles. The highest BCUT2D eigenvalue weighted by Crippen LogP contribution is 2.14. The summed E-state index contributed by atoms with van der Waals surface area (Å²) < 4.78 is 5.83. The number of rotatable bonds is 32. The molecule has 0 saturated heterocycles. The second kappa shape index (κ2) is 36.4. The van der Waals surface area contributed by atoms with Crippen LogP contribution in [-0.4, -0.2) is 35.6 Å². The molecule has 1 atom stereocenters. The van der Waals surface area contributed by atoms with Gasteiger partial charge in [0.25, 0.3) is 0 Å². The highest BCUT2D eigenvalue weighted by molar-refractivity contribution is 5.80. The van der Waals surface area contributed by atoms with Gasteiger partial charge in [-0.05, 0) is 89.5 Å². The number of aliphatic carboxylic acids is 1. The van der Waals surface area contributed by atoms with Gasteiger partial charge >= 0.3 is 11.9 Å². The molecule has 6 heteroatoms. The van der Waals surface area contributed by atoms with Gasteiger partial charge < -0.3 is 15.2 Å². The first-order valence-corrected chi connectivity index (χ1v) is 18.7. The molecule has 0 aromatic rings. The number of hydrogen-bond donors (Lipinski definition) is 2. The van der Waals surface area contributed by atoms with Crippen LogP contribution in [0.5, 0.6) is 0 Å². The second-order valence-electron chi connectivity index (χ2n) is 12.1. The Labute approximate surface area is 293 Å². The minimum absolute atomic E-state index is 0.125. The summed E-state index contributed by atoms with van der Waals surface area (Å²) >= 11 is 0. The average Bonchev–Trinajstić information content (AvgIpc) is 3.07. The molecule has 270 valence electrons. The molecule has 0 aliphatic heterocycles. The summed E-state index contributed by atoms with van der Waals surface area (Å²) in [4.78, 5) is 34.8. The quantitative estimate of drug-likeness (QED) is 0.0424. The van der Waals surface area contributed by atoms with Crippen molar-refractivity contribution in [3.05, 3.63) is 85.1 Å². The summed E-state index contributed by atoms with van der Waals surface area (Å²) in [5.74, 6) is -1.39. The SMILES string of the molecule is CC/C=C\C/C=C\C/C=C\C/C=C\C/C=C\CCCCCCCC(=O)OC(/C=C\C/C=C\CCC)CCCCCCC(=O)NCC(=O)O. The first-order valence-electron chi connectivity index (χ1n) is 18.7. The number of ether oxygens (including phenoxy) is 1. The fourth-order valence-corrected chi connectivity index (χ4v) is 4.79. The fraction of sp³-hybridized carbons (Fsp3) is 0.595. The maximum absolute atomic E-state index is 12.6. The second-order valence-corrected chi connectivity index (χ2v) is 12.1. The Morgan fingerprint density at radius 1 is 0.583 bits per heavy atom. The molecular formula is C42H67NO5. The number of unbranched alkanes of at least 4 members (excludes halogenated alkanes) is 9. The van der Waals surface area contributed by atoms with Crippen LogP contribution in [0.15, 0.2) is 85.1 Å². The van der Waals surface area contributed by atoms with Crippen molar-refractivity contribution in [2.75, 3.05) is 6.54 Å². The molecule has 0 rings (SSSR count). The number of allylic oxidation sites excluding steroid dienone is 13. The van der Waals surface area contributed by atoms with Gasteiger partial charge in [0, 0.05) is 12.8 Å². The molecule has 1 amide bonds. The van der Waals surface area contributed by atoms with Gasteiger partial charge in [-0.15, -0.1) is 0 Å². The van der Waals surface area contributed by atoms with E-state index in [1.165, 1.54) is 12.8 Å². The van der Waals surface area contributed by atoms with Gasteiger partial charge in [0.1, 0.15) is 12.6 Å². The highest BCUT2D eigenvalue weighted by Gasteiger charge is 2.11. The van der Waals surface area contributed by atoms with Crippen molar-refractivity contribution in [2.24, 2.45) is 0 Å². The van der Waals surface area contributed by atoms with Crippen LogP contribution in [0.2, 0.25) is 0 Å². The highest BCUT2D eigenvalue weighted by atomic mass is 16.5. The summed E-state index contributed by atoms with van der Waals surface area (Å²) in [5, 5.41) is 11.0. The van der Waals surface area contributed by atoms with Gasteiger partial charge in [0.2, 0.25) is 5.91 Å². The summed E-state index contributed by atoms with van der Waals surface area (Å²) in [6, 6.07) is 0. The van der Waals surface area contributed by atoms with Crippen LogP contribution >= 0.6 is 0 Å². The van der Waals surface area contributed by atoms with E-state index in [-0.39, 0.29) is 24.5 Å². The molecule has 0 fully saturated rings. The molecule has 6 nitrogen and oxygen atoms in total. The van der Waals surface area contributed by atoms with Gasteiger partial charge in [0.05, 0.1) is 0 Å². The topological polar surface area (TPSA) is 92.7 Å². The lowest BCUT2D eigenvalue weighted by Crippen LogP contribution is -2.28. The molecule has 48 heavy (non-hydrogen) atoms. The Bertz CT molecular complexity index is 1000. The van der Waals surface area contributed by atoms with Crippen molar-refractivity contribution in [1.29, 1.82) is 0 Å². The Kier molecular flexibility index (Phi) is 33.8. The van der Waals surface area contributed by atoms with E-state index < -0.39 is 5.97 Å². The smallest absolute Gasteiger partial charge is 0.322 e. The molecule has 0 aliphatic carbocycles. The number of nitrogens with one attached hydrogen (secondary N) is 1. The van der Waals surface area contributed by atoms with Gasteiger partial charge in [-0.1, -0.05) is 131 Å². The lowest BCUT2D eigenvalue weighted by atomic mass is 10.1. The van der Waals surface area contributed by atoms with Crippen LogP contribution in [0.4, 0.5) is 0 Å². The lowest BCUT2D eigenvalue weighted by Gasteiger charge is -2.14. The lowest BCUT2D eigenvalue weighted by molar-refractivity contribution is -0.147. The van der Waals surface area contributed by atoms with E-state index in [9.17, 15) is 14.4 Å². The molecule has 0 aromatic heterocycles. The largest absolute Gasteiger partial charge is 0.480 e. The van der Waals surface area contributed by atoms with Gasteiger partial charge in [-0.2, -0.15) is 0 Å². The van der Waals surface area contributed by atoms with Crippen molar-refractivity contribution in [2.45, 2.75) is 155 Å². The van der Waals surface area contributed by atoms with Crippen LogP contribution < -0.4 is 5.32 Å². The third-order valence-corrected chi connectivity index (χ3v) is 7.52. The van der Waals surface area contributed by atoms with E-state index in [4.69, 9.17) is 9.84 Å². The minimum Gasteiger partial charge on any atom is -0.480 e. The first-order chi connectivity index (χ1) is 23.5. The van der Waals surface area contributed by atoms with E-state index in [0.29, 0.717) is 12.8 Å². The predicted octanol–water partition coefficient (Wildman–Crippen LogP) is 11.2. The zero-order chi connectivity index (χ0) is 35.2. The molecule has 1 unspecified atom stereocenters. The molecule has 0 bridgehead atoms. The van der Waals surface area contributed by atoms with Crippen LogP contribution in [0.3, 0.4) is 0 Å². The number of amides is 1. The monoisotopic (exact) mass is 666 g/mol. The van der Waals surface area contributed by atoms with E-state index in [1.807, 2.05) is 6.08 Å². The normalized spacial score (nSPS) is 13.0. The van der Waals surface area contributed by atoms with Crippen molar-refractivity contribution >= 4 is 17.8 Å². The summed E-state index contributed by atoms with van der Waals surface area (Å²) in [6.45, 7) is 3.98. The van der Waals surface area contributed by atoms with Gasteiger partial charge in [-0.3, -0.25) is 14.4 Å². The number of esters is 1. The van der Waals surface area contributed by atoms with Crippen LogP contribution in [0.25, 0.3) is 0 Å².